The van der Waals surface area contributed by atoms with Crippen molar-refractivity contribution in [2.75, 3.05) is 31.5 Å². The van der Waals surface area contributed by atoms with Crippen LogP contribution in [0.15, 0.2) is 22.7 Å². The van der Waals surface area contributed by atoms with Crippen molar-refractivity contribution in [3.8, 4) is 0 Å². The number of nitrogens with zero attached hydrogens (tertiary/aromatic N) is 1. The number of carbonyl (C=O) groups is 1. The molecule has 22 heavy (non-hydrogen) atoms. The van der Waals surface area contributed by atoms with Gasteiger partial charge in [0, 0.05) is 16.7 Å². The highest BCUT2D eigenvalue weighted by molar-refractivity contribution is 9.10. The first kappa shape index (κ1) is 19.4. The molecule has 2 rings (SSSR count). The highest BCUT2D eigenvalue weighted by atomic mass is 79.9. The summed E-state index contributed by atoms with van der Waals surface area (Å²) in [6.45, 7) is 5.20. The van der Waals surface area contributed by atoms with E-state index in [0.29, 0.717) is 12.5 Å². The molecule has 0 saturated carbocycles. The Labute approximate surface area is 147 Å². The van der Waals surface area contributed by atoms with Gasteiger partial charge in [0.15, 0.2) is 0 Å². The van der Waals surface area contributed by atoms with E-state index < -0.39 is 0 Å². The number of anilines is 1. The van der Waals surface area contributed by atoms with E-state index in [9.17, 15) is 4.79 Å². The van der Waals surface area contributed by atoms with E-state index in [2.05, 4.69) is 26.1 Å². The van der Waals surface area contributed by atoms with Gasteiger partial charge in [0.05, 0.1) is 6.54 Å². The van der Waals surface area contributed by atoms with Gasteiger partial charge in [0.1, 0.15) is 0 Å². The van der Waals surface area contributed by atoms with Crippen molar-refractivity contribution in [3.05, 3.63) is 28.2 Å². The molecule has 1 heterocycles. The molecule has 1 aliphatic rings. The van der Waals surface area contributed by atoms with Gasteiger partial charge in [-0.25, -0.2) is 0 Å². The molecule has 3 N–H and O–H groups in total. The third-order valence-electron chi connectivity index (χ3n) is 4.01. The second-order valence-electron chi connectivity index (χ2n) is 5.83. The number of likely N-dealkylation sites (tertiary alicyclic amines) is 1. The molecule has 0 aliphatic carbocycles. The van der Waals surface area contributed by atoms with Crippen molar-refractivity contribution in [2.45, 2.75) is 26.2 Å². The second kappa shape index (κ2) is 9.50. The fourth-order valence-electron chi connectivity index (χ4n) is 2.93. The molecule has 1 fully saturated rings. The van der Waals surface area contributed by atoms with Crippen LogP contribution in [0.3, 0.4) is 0 Å². The maximum atomic E-state index is 12.2. The zero-order valence-electron chi connectivity index (χ0n) is 13.0. The number of benzene rings is 1. The molecule has 1 aliphatic heterocycles. The standard InChI is InChI=1S/C16H24BrN3O.ClH/c1-12-9-14(17)4-5-15(12)19-16(21)11-20-8-2-3-13(10-20)6-7-18;/h4-5,9,13H,2-3,6-8,10-11,18H2,1H3,(H,19,21);1H. The Morgan fingerprint density at radius 3 is 2.95 bits per heavy atom. The zero-order chi connectivity index (χ0) is 15.2. The van der Waals surface area contributed by atoms with E-state index in [1.165, 1.54) is 6.42 Å². The largest absolute Gasteiger partial charge is 0.330 e. The molecule has 1 amide bonds. The molecule has 1 aromatic rings. The number of hydrogen-bond donors (Lipinski definition) is 2. The van der Waals surface area contributed by atoms with Crippen LogP contribution in [-0.2, 0) is 4.79 Å². The molecule has 4 nitrogen and oxygen atoms in total. The lowest BCUT2D eigenvalue weighted by Crippen LogP contribution is -2.41. The fraction of sp³-hybridized carbons (Fsp3) is 0.562. The Morgan fingerprint density at radius 2 is 2.27 bits per heavy atom. The van der Waals surface area contributed by atoms with Crippen LogP contribution in [-0.4, -0.2) is 37.0 Å². The van der Waals surface area contributed by atoms with E-state index in [4.69, 9.17) is 5.73 Å². The number of rotatable bonds is 5. The van der Waals surface area contributed by atoms with Crippen molar-refractivity contribution in [3.63, 3.8) is 0 Å². The van der Waals surface area contributed by atoms with E-state index in [1.54, 1.807) is 0 Å². The van der Waals surface area contributed by atoms with Gasteiger partial charge in [0.2, 0.25) is 5.91 Å². The average Bonchev–Trinajstić information content (AvgIpc) is 2.43. The summed E-state index contributed by atoms with van der Waals surface area (Å²) in [4.78, 5) is 14.4. The summed E-state index contributed by atoms with van der Waals surface area (Å²) in [5.74, 6) is 0.708. The minimum atomic E-state index is 0. The number of carbonyl (C=O) groups excluding carboxylic acids is 1. The minimum Gasteiger partial charge on any atom is -0.330 e. The summed E-state index contributed by atoms with van der Waals surface area (Å²) in [7, 11) is 0. The lowest BCUT2D eigenvalue weighted by Gasteiger charge is -2.32. The molecule has 1 atom stereocenters. The fourth-order valence-corrected chi connectivity index (χ4v) is 3.40. The highest BCUT2D eigenvalue weighted by Gasteiger charge is 2.21. The molecule has 1 unspecified atom stereocenters. The Balaban J connectivity index is 0.00000242. The van der Waals surface area contributed by atoms with Gasteiger partial charge in [-0.1, -0.05) is 15.9 Å². The second-order valence-corrected chi connectivity index (χ2v) is 6.74. The Hall–Kier alpha value is -0.620. The maximum absolute atomic E-state index is 12.2. The van der Waals surface area contributed by atoms with Crippen LogP contribution in [0.4, 0.5) is 5.69 Å². The molecule has 0 spiro atoms. The van der Waals surface area contributed by atoms with Gasteiger partial charge in [-0.05, 0) is 69.0 Å². The molecule has 0 radical (unpaired) electrons. The molecule has 0 bridgehead atoms. The molecule has 6 heteroatoms. The molecule has 1 aromatic carbocycles. The van der Waals surface area contributed by atoms with E-state index in [-0.39, 0.29) is 18.3 Å². The summed E-state index contributed by atoms with van der Waals surface area (Å²) >= 11 is 3.43. The topological polar surface area (TPSA) is 58.4 Å². The van der Waals surface area contributed by atoms with Crippen molar-refractivity contribution >= 4 is 39.9 Å². The minimum absolute atomic E-state index is 0. The SMILES string of the molecule is Cc1cc(Br)ccc1NC(=O)CN1CCCC(CCN)C1.Cl. The summed E-state index contributed by atoms with van der Waals surface area (Å²) in [6.07, 6.45) is 3.46. The van der Waals surface area contributed by atoms with Gasteiger partial charge >= 0.3 is 0 Å². The van der Waals surface area contributed by atoms with Crippen LogP contribution in [0, 0.1) is 12.8 Å². The van der Waals surface area contributed by atoms with E-state index in [1.807, 2.05) is 25.1 Å². The van der Waals surface area contributed by atoms with Crippen LogP contribution >= 0.6 is 28.3 Å². The molecule has 124 valence electrons. The first-order chi connectivity index (χ1) is 10.1. The number of piperidine rings is 1. The molecule has 1 saturated heterocycles. The Morgan fingerprint density at radius 1 is 1.50 bits per heavy atom. The smallest absolute Gasteiger partial charge is 0.238 e. The summed E-state index contributed by atoms with van der Waals surface area (Å²) in [5, 5.41) is 3.01. The number of halogens is 2. The highest BCUT2D eigenvalue weighted by Crippen LogP contribution is 2.21. The zero-order valence-corrected chi connectivity index (χ0v) is 15.4. The predicted octanol–water partition coefficient (Wildman–Crippen LogP) is 3.18. The van der Waals surface area contributed by atoms with Crippen LogP contribution < -0.4 is 11.1 Å². The monoisotopic (exact) mass is 389 g/mol. The number of hydrogen-bond acceptors (Lipinski definition) is 3. The van der Waals surface area contributed by atoms with Gasteiger partial charge < -0.3 is 11.1 Å². The molecule has 0 aromatic heterocycles. The lowest BCUT2D eigenvalue weighted by molar-refractivity contribution is -0.117. The van der Waals surface area contributed by atoms with Gasteiger partial charge in [0.25, 0.3) is 0 Å². The first-order valence-corrected chi connectivity index (χ1v) is 8.36. The summed E-state index contributed by atoms with van der Waals surface area (Å²) < 4.78 is 1.03. The Kier molecular flexibility index (Phi) is 8.39. The quantitative estimate of drug-likeness (QED) is 0.812. The van der Waals surface area contributed by atoms with Crippen LogP contribution in [0.1, 0.15) is 24.8 Å². The number of nitrogens with two attached hydrogens (primary N) is 1. The predicted molar refractivity (Wildman–Crippen MR) is 97.6 cm³/mol. The van der Waals surface area contributed by atoms with Crippen molar-refractivity contribution < 1.29 is 4.79 Å². The van der Waals surface area contributed by atoms with E-state index >= 15 is 0 Å². The van der Waals surface area contributed by atoms with Crippen molar-refractivity contribution in [2.24, 2.45) is 11.7 Å². The van der Waals surface area contributed by atoms with Gasteiger partial charge in [-0.2, -0.15) is 0 Å². The van der Waals surface area contributed by atoms with Crippen LogP contribution in [0.2, 0.25) is 0 Å². The number of amides is 1. The first-order valence-electron chi connectivity index (χ1n) is 7.57. The summed E-state index contributed by atoms with van der Waals surface area (Å²) in [6, 6.07) is 5.89. The Bertz CT molecular complexity index is 496. The summed E-state index contributed by atoms with van der Waals surface area (Å²) in [5.41, 5.74) is 7.59. The lowest BCUT2D eigenvalue weighted by atomic mass is 9.95. The normalized spacial score (nSPS) is 18.6. The van der Waals surface area contributed by atoms with Crippen LogP contribution in [0.5, 0.6) is 0 Å². The maximum Gasteiger partial charge on any atom is 0.238 e. The number of aryl methyl sites for hydroxylation is 1. The van der Waals surface area contributed by atoms with Crippen LogP contribution in [0.25, 0.3) is 0 Å². The van der Waals surface area contributed by atoms with Gasteiger partial charge in [-0.15, -0.1) is 12.4 Å². The van der Waals surface area contributed by atoms with E-state index in [0.717, 1.165) is 48.2 Å². The third kappa shape index (κ3) is 5.88. The average molecular weight is 391 g/mol. The number of nitrogens with one attached hydrogen (secondary N) is 1. The van der Waals surface area contributed by atoms with Crippen molar-refractivity contribution in [1.82, 2.24) is 4.90 Å². The molecular formula is C16H25BrClN3O. The third-order valence-corrected chi connectivity index (χ3v) is 4.50. The van der Waals surface area contributed by atoms with Crippen molar-refractivity contribution in [1.29, 1.82) is 0 Å². The molecular weight excluding hydrogens is 366 g/mol. The van der Waals surface area contributed by atoms with Gasteiger partial charge in [-0.3, -0.25) is 9.69 Å².